The van der Waals surface area contributed by atoms with E-state index in [4.69, 9.17) is 9.57 Å². The van der Waals surface area contributed by atoms with Gasteiger partial charge in [-0.1, -0.05) is 13.8 Å². The fourth-order valence-electron chi connectivity index (χ4n) is 3.53. The molecule has 0 saturated carbocycles. The van der Waals surface area contributed by atoms with Gasteiger partial charge < -0.3 is 14.7 Å². The molecule has 10 nitrogen and oxygen atoms in total. The molecule has 11 heteroatoms. The molecule has 1 aliphatic carbocycles. The second-order valence-corrected chi connectivity index (χ2v) is 9.77. The standard InChI is InChI=1S/C22H27N3O7S/c1-22(2,33)12-17(27)24-23-15-6-5-13-10-14(11-16(26)21(13)15)31-9-3-4-20(30)32-25-18(28)7-8-19(25)29/h10-11,26,33H,3-9,12H2,1-2H3,(H,24,27). The van der Waals surface area contributed by atoms with Crippen molar-refractivity contribution in [2.45, 2.75) is 63.5 Å². The molecular weight excluding hydrogens is 450 g/mol. The predicted molar refractivity (Wildman–Crippen MR) is 121 cm³/mol. The maximum atomic E-state index is 12.0. The Balaban J connectivity index is 1.50. The molecule has 0 atom stereocenters. The van der Waals surface area contributed by atoms with Gasteiger partial charge in [0, 0.05) is 35.6 Å². The SMILES string of the molecule is CC(C)(S)CC(=O)NN=C1CCc2cc(OCCCC(=O)ON3C(=O)CCC3=O)cc(O)c21. The first-order valence-corrected chi connectivity index (χ1v) is 11.1. The number of aromatic hydroxyl groups is 1. The summed E-state index contributed by atoms with van der Waals surface area (Å²) in [5.41, 5.74) is 4.53. The summed E-state index contributed by atoms with van der Waals surface area (Å²) in [6.45, 7) is 3.84. The molecule has 1 aromatic rings. The van der Waals surface area contributed by atoms with Crippen LogP contribution in [0.2, 0.25) is 0 Å². The summed E-state index contributed by atoms with van der Waals surface area (Å²) in [5, 5.41) is 15.1. The number of benzene rings is 1. The van der Waals surface area contributed by atoms with Crippen molar-refractivity contribution in [3.05, 3.63) is 23.3 Å². The molecule has 0 radical (unpaired) electrons. The van der Waals surface area contributed by atoms with Crippen LogP contribution in [0.1, 0.15) is 63.5 Å². The van der Waals surface area contributed by atoms with Gasteiger partial charge in [-0.05, 0) is 30.9 Å². The molecule has 0 aromatic heterocycles. The van der Waals surface area contributed by atoms with Crippen LogP contribution in [-0.2, 0) is 30.4 Å². The van der Waals surface area contributed by atoms with Crippen LogP contribution in [0.15, 0.2) is 17.2 Å². The van der Waals surface area contributed by atoms with Crippen LogP contribution in [-0.4, -0.2) is 50.9 Å². The quantitative estimate of drug-likeness (QED) is 0.214. The molecule has 0 bridgehead atoms. The fraction of sp³-hybridized carbons (Fsp3) is 0.500. The number of nitrogens with zero attached hydrogens (tertiary/aromatic N) is 2. The lowest BCUT2D eigenvalue weighted by Crippen LogP contribution is -2.32. The van der Waals surface area contributed by atoms with Crippen molar-refractivity contribution in [3.63, 3.8) is 0 Å². The fourth-order valence-corrected chi connectivity index (χ4v) is 3.68. The average molecular weight is 478 g/mol. The predicted octanol–water partition coefficient (Wildman–Crippen LogP) is 2.02. The zero-order valence-electron chi connectivity index (χ0n) is 18.5. The topological polar surface area (TPSA) is 135 Å². The van der Waals surface area contributed by atoms with Crippen LogP contribution < -0.4 is 10.2 Å². The van der Waals surface area contributed by atoms with Crippen molar-refractivity contribution >= 4 is 42.0 Å². The highest BCUT2D eigenvalue weighted by atomic mass is 32.1. The van der Waals surface area contributed by atoms with E-state index in [1.807, 2.05) is 13.8 Å². The Morgan fingerprint density at radius 3 is 2.55 bits per heavy atom. The summed E-state index contributed by atoms with van der Waals surface area (Å²) in [7, 11) is 0. The molecular formula is C22H27N3O7S. The maximum Gasteiger partial charge on any atom is 0.333 e. The van der Waals surface area contributed by atoms with Gasteiger partial charge in [0.15, 0.2) is 0 Å². The van der Waals surface area contributed by atoms with Crippen LogP contribution in [0.5, 0.6) is 11.5 Å². The van der Waals surface area contributed by atoms with Crippen LogP contribution in [0.4, 0.5) is 0 Å². The number of aryl methyl sites for hydroxylation is 1. The van der Waals surface area contributed by atoms with Gasteiger partial charge in [0.05, 0.1) is 18.7 Å². The van der Waals surface area contributed by atoms with Crippen molar-refractivity contribution in [2.24, 2.45) is 5.10 Å². The molecule has 33 heavy (non-hydrogen) atoms. The van der Waals surface area contributed by atoms with Gasteiger partial charge in [0.2, 0.25) is 5.91 Å². The van der Waals surface area contributed by atoms with E-state index in [9.17, 15) is 24.3 Å². The van der Waals surface area contributed by atoms with E-state index < -0.39 is 22.5 Å². The first-order chi connectivity index (χ1) is 15.5. The second-order valence-electron chi connectivity index (χ2n) is 8.56. The Kier molecular flexibility index (Phi) is 7.62. The summed E-state index contributed by atoms with van der Waals surface area (Å²) in [5.74, 6) is -1.56. The van der Waals surface area contributed by atoms with E-state index in [0.717, 1.165) is 5.56 Å². The highest BCUT2D eigenvalue weighted by molar-refractivity contribution is 7.81. The van der Waals surface area contributed by atoms with Crippen LogP contribution >= 0.6 is 12.6 Å². The third kappa shape index (κ3) is 6.70. The van der Waals surface area contributed by atoms with Gasteiger partial charge in [-0.2, -0.15) is 17.7 Å². The molecule has 0 unspecified atom stereocenters. The molecule has 2 aliphatic rings. The number of phenolic OH excluding ortho intramolecular Hbond substituents is 1. The van der Waals surface area contributed by atoms with Crippen molar-refractivity contribution in [1.29, 1.82) is 0 Å². The number of hydrazone groups is 1. The van der Waals surface area contributed by atoms with Gasteiger partial charge in [0.1, 0.15) is 11.5 Å². The van der Waals surface area contributed by atoms with E-state index in [1.165, 1.54) is 6.07 Å². The molecule has 2 N–H and O–H groups in total. The first kappa shape index (κ1) is 24.6. The zero-order valence-corrected chi connectivity index (χ0v) is 19.4. The minimum absolute atomic E-state index is 0.00649. The zero-order chi connectivity index (χ0) is 24.2. The Labute approximate surface area is 196 Å². The summed E-state index contributed by atoms with van der Waals surface area (Å²) < 4.78 is 5.18. The highest BCUT2D eigenvalue weighted by Crippen LogP contribution is 2.34. The monoisotopic (exact) mass is 477 g/mol. The number of phenols is 1. The van der Waals surface area contributed by atoms with Gasteiger partial charge in [-0.3, -0.25) is 14.4 Å². The summed E-state index contributed by atoms with van der Waals surface area (Å²) in [6.07, 6.45) is 1.76. The summed E-state index contributed by atoms with van der Waals surface area (Å²) in [6, 6.07) is 3.24. The van der Waals surface area contributed by atoms with Gasteiger partial charge >= 0.3 is 5.97 Å². The van der Waals surface area contributed by atoms with Crippen molar-refractivity contribution in [3.8, 4) is 11.5 Å². The minimum Gasteiger partial charge on any atom is -0.507 e. The van der Waals surface area contributed by atoms with Crippen molar-refractivity contribution in [2.75, 3.05) is 6.61 Å². The number of amides is 3. The number of hydrogen-bond acceptors (Lipinski definition) is 9. The first-order valence-electron chi connectivity index (χ1n) is 10.7. The molecule has 1 fully saturated rings. The van der Waals surface area contributed by atoms with Crippen LogP contribution in [0, 0.1) is 0 Å². The lowest BCUT2D eigenvalue weighted by molar-refractivity contribution is -0.197. The number of imide groups is 1. The third-order valence-corrected chi connectivity index (χ3v) is 5.15. The van der Waals surface area contributed by atoms with E-state index >= 15 is 0 Å². The molecule has 1 heterocycles. The van der Waals surface area contributed by atoms with Crippen molar-refractivity contribution < 1.29 is 33.9 Å². The number of carbonyl (C=O) groups is 4. The van der Waals surface area contributed by atoms with E-state index in [0.29, 0.717) is 41.4 Å². The second kappa shape index (κ2) is 10.2. The molecule has 178 valence electrons. The van der Waals surface area contributed by atoms with E-state index in [2.05, 4.69) is 23.2 Å². The number of thiol groups is 1. The third-order valence-electron chi connectivity index (χ3n) is 4.99. The maximum absolute atomic E-state index is 12.0. The number of hydroxylamine groups is 2. The average Bonchev–Trinajstić information content (AvgIpc) is 3.27. The number of nitrogens with one attached hydrogen (secondary N) is 1. The number of carbonyl (C=O) groups excluding carboxylic acids is 4. The number of fused-ring (bicyclic) bond motifs is 1. The number of hydrogen-bond donors (Lipinski definition) is 3. The minimum atomic E-state index is -0.691. The lowest BCUT2D eigenvalue weighted by Gasteiger charge is -2.15. The number of ether oxygens (including phenoxy) is 1. The highest BCUT2D eigenvalue weighted by Gasteiger charge is 2.32. The Bertz CT molecular complexity index is 984. The number of rotatable bonds is 9. The van der Waals surface area contributed by atoms with Crippen LogP contribution in [0.25, 0.3) is 0 Å². The van der Waals surface area contributed by atoms with E-state index in [1.54, 1.807) is 6.07 Å². The lowest BCUT2D eigenvalue weighted by atomic mass is 10.1. The molecule has 1 aromatic carbocycles. The van der Waals surface area contributed by atoms with E-state index in [-0.39, 0.29) is 43.9 Å². The Morgan fingerprint density at radius 1 is 1.18 bits per heavy atom. The van der Waals surface area contributed by atoms with Crippen LogP contribution in [0.3, 0.4) is 0 Å². The molecule has 1 saturated heterocycles. The Morgan fingerprint density at radius 2 is 1.88 bits per heavy atom. The van der Waals surface area contributed by atoms with Gasteiger partial charge in [-0.25, -0.2) is 10.2 Å². The summed E-state index contributed by atoms with van der Waals surface area (Å²) in [4.78, 5) is 51.5. The molecule has 1 aliphatic heterocycles. The normalized spacial score (nSPS) is 16.8. The van der Waals surface area contributed by atoms with Gasteiger partial charge in [0.25, 0.3) is 11.8 Å². The van der Waals surface area contributed by atoms with Crippen molar-refractivity contribution in [1.82, 2.24) is 10.5 Å². The largest absolute Gasteiger partial charge is 0.507 e. The molecule has 3 rings (SSSR count). The van der Waals surface area contributed by atoms with Gasteiger partial charge in [-0.15, -0.1) is 5.06 Å². The summed E-state index contributed by atoms with van der Waals surface area (Å²) >= 11 is 4.33. The molecule has 3 amide bonds. The smallest absolute Gasteiger partial charge is 0.333 e. The Hall–Kier alpha value is -3.08. The molecule has 0 spiro atoms.